The first-order valence-corrected chi connectivity index (χ1v) is 5.95. The van der Waals surface area contributed by atoms with Crippen molar-refractivity contribution in [2.75, 3.05) is 7.05 Å². The van der Waals surface area contributed by atoms with Gasteiger partial charge in [-0.2, -0.15) is 0 Å². The van der Waals surface area contributed by atoms with Crippen molar-refractivity contribution < 1.29 is 0 Å². The molecule has 1 aliphatic rings. The van der Waals surface area contributed by atoms with Crippen LogP contribution in [0.5, 0.6) is 0 Å². The summed E-state index contributed by atoms with van der Waals surface area (Å²) in [5, 5.41) is 3.43. The molecule has 3 unspecified atom stereocenters. The normalized spacial score (nSPS) is 33.5. The second kappa shape index (κ2) is 7.37. The smallest absolute Gasteiger partial charge is 0.00924 e. The van der Waals surface area contributed by atoms with E-state index in [1.807, 2.05) is 13.8 Å². The Labute approximate surface area is 84.3 Å². The van der Waals surface area contributed by atoms with Crippen LogP contribution in [0.3, 0.4) is 0 Å². The summed E-state index contributed by atoms with van der Waals surface area (Å²) in [6.45, 7) is 8.70. The van der Waals surface area contributed by atoms with Gasteiger partial charge in [0.15, 0.2) is 0 Å². The monoisotopic (exact) mass is 185 g/mol. The summed E-state index contributed by atoms with van der Waals surface area (Å²) in [6, 6.07) is 0.802. The molecule has 1 N–H and O–H groups in total. The lowest BCUT2D eigenvalue weighted by molar-refractivity contribution is 0.216. The van der Waals surface area contributed by atoms with Crippen molar-refractivity contribution in [2.45, 2.75) is 59.4 Å². The van der Waals surface area contributed by atoms with Crippen molar-refractivity contribution in [3.05, 3.63) is 0 Å². The molecule has 1 nitrogen and oxygen atoms in total. The Morgan fingerprint density at radius 3 is 2.31 bits per heavy atom. The van der Waals surface area contributed by atoms with E-state index in [-0.39, 0.29) is 0 Å². The largest absolute Gasteiger partial charge is 0.317 e. The van der Waals surface area contributed by atoms with Crippen molar-refractivity contribution in [1.29, 1.82) is 0 Å². The second-order valence-electron chi connectivity index (χ2n) is 3.98. The van der Waals surface area contributed by atoms with Gasteiger partial charge in [0.2, 0.25) is 0 Å². The fourth-order valence-electron chi connectivity index (χ4n) is 2.33. The van der Waals surface area contributed by atoms with Gasteiger partial charge < -0.3 is 5.32 Å². The van der Waals surface area contributed by atoms with E-state index >= 15 is 0 Å². The molecule has 1 fully saturated rings. The van der Waals surface area contributed by atoms with E-state index in [1.54, 1.807) is 0 Å². The Morgan fingerprint density at radius 2 is 1.85 bits per heavy atom. The molecule has 0 heterocycles. The minimum absolute atomic E-state index is 0.802. The molecule has 0 saturated heterocycles. The average Bonchev–Trinajstić information content (AvgIpc) is 2.20. The zero-order valence-corrected chi connectivity index (χ0v) is 10.1. The molecule has 0 spiro atoms. The molecule has 0 radical (unpaired) electrons. The molecule has 0 aromatic heterocycles. The minimum Gasteiger partial charge on any atom is -0.317 e. The molecular formula is C12H27N. The van der Waals surface area contributed by atoms with Crippen molar-refractivity contribution >= 4 is 0 Å². The van der Waals surface area contributed by atoms with Gasteiger partial charge in [-0.1, -0.05) is 34.1 Å². The topological polar surface area (TPSA) is 12.0 Å². The highest BCUT2D eigenvalue weighted by Crippen LogP contribution is 2.30. The summed E-state index contributed by atoms with van der Waals surface area (Å²) in [5.74, 6) is 1.90. The van der Waals surface area contributed by atoms with Crippen LogP contribution in [0.25, 0.3) is 0 Å². The van der Waals surface area contributed by atoms with E-state index < -0.39 is 0 Å². The van der Waals surface area contributed by atoms with Crippen LogP contribution in [-0.2, 0) is 0 Å². The zero-order valence-electron chi connectivity index (χ0n) is 10.1. The molecule has 0 aromatic carbocycles. The first-order valence-electron chi connectivity index (χ1n) is 5.95. The Hall–Kier alpha value is -0.0400. The maximum Gasteiger partial charge on any atom is 0.00924 e. The molecule has 1 heteroatoms. The third kappa shape index (κ3) is 4.12. The molecule has 0 amide bonds. The molecule has 0 aliphatic heterocycles. The highest BCUT2D eigenvalue weighted by Gasteiger charge is 2.25. The number of rotatable bonds is 2. The highest BCUT2D eigenvalue weighted by atomic mass is 14.9. The Balaban J connectivity index is 0.000000671. The van der Waals surface area contributed by atoms with Gasteiger partial charge in [0.25, 0.3) is 0 Å². The molecule has 80 valence electrons. The van der Waals surface area contributed by atoms with Gasteiger partial charge in [-0.25, -0.2) is 0 Å². The van der Waals surface area contributed by atoms with Crippen LogP contribution in [0.2, 0.25) is 0 Å². The molecule has 3 atom stereocenters. The molecular weight excluding hydrogens is 158 g/mol. The maximum atomic E-state index is 3.43. The first-order chi connectivity index (χ1) is 6.27. The van der Waals surface area contributed by atoms with E-state index in [4.69, 9.17) is 0 Å². The van der Waals surface area contributed by atoms with Gasteiger partial charge in [-0.15, -0.1) is 0 Å². The Bertz CT molecular complexity index is 112. The average molecular weight is 185 g/mol. The highest BCUT2D eigenvalue weighted by molar-refractivity contribution is 4.81. The summed E-state index contributed by atoms with van der Waals surface area (Å²) in [7, 11) is 2.10. The van der Waals surface area contributed by atoms with Gasteiger partial charge in [0.05, 0.1) is 0 Å². The van der Waals surface area contributed by atoms with Crippen LogP contribution in [-0.4, -0.2) is 13.1 Å². The van der Waals surface area contributed by atoms with Crippen LogP contribution < -0.4 is 5.32 Å². The molecule has 1 saturated carbocycles. The summed E-state index contributed by atoms with van der Waals surface area (Å²) < 4.78 is 0. The summed E-state index contributed by atoms with van der Waals surface area (Å²) >= 11 is 0. The van der Waals surface area contributed by atoms with E-state index in [9.17, 15) is 0 Å². The number of hydrogen-bond acceptors (Lipinski definition) is 1. The zero-order chi connectivity index (χ0) is 10.3. The van der Waals surface area contributed by atoms with Crippen LogP contribution >= 0.6 is 0 Å². The summed E-state index contributed by atoms with van der Waals surface area (Å²) in [6.07, 6.45) is 5.58. The fraction of sp³-hybridized carbons (Fsp3) is 1.00. The first kappa shape index (κ1) is 13.0. The molecule has 1 rings (SSSR count). The molecule has 1 aliphatic carbocycles. The standard InChI is InChI=1S/C10H21N.C2H6/c1-4-9-7-8(2)5-6-10(9)11-3;1-2/h8-11H,4-7H2,1-3H3;1-2H3. The number of nitrogens with one attached hydrogen (secondary N) is 1. The quantitative estimate of drug-likeness (QED) is 0.695. The second-order valence-corrected chi connectivity index (χ2v) is 3.98. The number of hydrogen-bond donors (Lipinski definition) is 1. The minimum atomic E-state index is 0.802. The van der Waals surface area contributed by atoms with Crippen molar-refractivity contribution in [2.24, 2.45) is 11.8 Å². The van der Waals surface area contributed by atoms with Gasteiger partial charge in [-0.3, -0.25) is 0 Å². The Kier molecular flexibility index (Phi) is 7.35. The van der Waals surface area contributed by atoms with Gasteiger partial charge in [-0.05, 0) is 38.1 Å². The summed E-state index contributed by atoms with van der Waals surface area (Å²) in [4.78, 5) is 0. The van der Waals surface area contributed by atoms with Crippen LogP contribution in [0, 0.1) is 11.8 Å². The van der Waals surface area contributed by atoms with Crippen LogP contribution in [0.1, 0.15) is 53.4 Å². The molecule has 0 aromatic rings. The van der Waals surface area contributed by atoms with E-state index in [0.29, 0.717) is 0 Å². The fourth-order valence-corrected chi connectivity index (χ4v) is 2.33. The maximum absolute atomic E-state index is 3.43. The predicted octanol–water partition coefficient (Wildman–Crippen LogP) is 3.45. The SMILES string of the molecule is CC.CCC1CC(C)CCC1NC. The van der Waals surface area contributed by atoms with Gasteiger partial charge in [0.1, 0.15) is 0 Å². The Morgan fingerprint density at radius 1 is 1.23 bits per heavy atom. The van der Waals surface area contributed by atoms with Crippen molar-refractivity contribution in [3.8, 4) is 0 Å². The predicted molar refractivity (Wildman–Crippen MR) is 61.0 cm³/mol. The van der Waals surface area contributed by atoms with Crippen LogP contribution in [0.15, 0.2) is 0 Å². The van der Waals surface area contributed by atoms with E-state index in [2.05, 4.69) is 26.2 Å². The molecule has 0 bridgehead atoms. The summed E-state index contributed by atoms with van der Waals surface area (Å²) in [5.41, 5.74) is 0. The van der Waals surface area contributed by atoms with E-state index in [1.165, 1.54) is 25.7 Å². The van der Waals surface area contributed by atoms with Gasteiger partial charge in [0, 0.05) is 6.04 Å². The van der Waals surface area contributed by atoms with Crippen LogP contribution in [0.4, 0.5) is 0 Å². The lowest BCUT2D eigenvalue weighted by Gasteiger charge is -2.34. The third-order valence-electron chi connectivity index (χ3n) is 3.14. The molecule has 13 heavy (non-hydrogen) atoms. The van der Waals surface area contributed by atoms with Crippen molar-refractivity contribution in [1.82, 2.24) is 5.32 Å². The van der Waals surface area contributed by atoms with Crippen molar-refractivity contribution in [3.63, 3.8) is 0 Å². The lowest BCUT2D eigenvalue weighted by Crippen LogP contribution is -2.37. The van der Waals surface area contributed by atoms with Gasteiger partial charge >= 0.3 is 0 Å². The third-order valence-corrected chi connectivity index (χ3v) is 3.14. The van der Waals surface area contributed by atoms with E-state index in [0.717, 1.165) is 17.9 Å². The lowest BCUT2D eigenvalue weighted by atomic mass is 9.78.